The average molecular weight is 409 g/mol. The lowest BCUT2D eigenvalue weighted by molar-refractivity contribution is -0.137. The topological polar surface area (TPSA) is 72.8 Å². The van der Waals surface area contributed by atoms with Gasteiger partial charge in [-0.1, -0.05) is 50.5 Å². The third-order valence-electron chi connectivity index (χ3n) is 5.43. The third-order valence-corrected chi connectivity index (χ3v) is 5.43. The van der Waals surface area contributed by atoms with Gasteiger partial charge in [0.15, 0.2) is 0 Å². The summed E-state index contributed by atoms with van der Waals surface area (Å²) in [6.07, 6.45) is 15.6. The number of carboxylic acids is 1. The normalized spacial score (nSPS) is 23.4. The molecule has 1 aliphatic carbocycles. The van der Waals surface area contributed by atoms with E-state index in [4.69, 9.17) is 14.6 Å². The van der Waals surface area contributed by atoms with Crippen LogP contribution in [0.4, 0.5) is 0 Å². The Kier molecular flexibility index (Phi) is 13.6. The summed E-state index contributed by atoms with van der Waals surface area (Å²) in [5.74, 6) is -0.513. The van der Waals surface area contributed by atoms with Gasteiger partial charge in [0.25, 0.3) is 0 Å². The molecule has 1 N–H and O–H groups in total. The molecule has 5 heteroatoms. The summed E-state index contributed by atoms with van der Waals surface area (Å²) >= 11 is 0. The third kappa shape index (κ3) is 10.2. The Morgan fingerprint density at radius 2 is 1.97 bits per heavy atom. The summed E-state index contributed by atoms with van der Waals surface area (Å²) in [7, 11) is 0. The molecule has 1 aliphatic rings. The molecule has 0 spiro atoms. The second-order valence-electron chi connectivity index (χ2n) is 7.72. The largest absolute Gasteiger partial charge is 0.481 e. The molecule has 1 saturated carbocycles. The number of carbonyl (C=O) groups is 2. The zero-order chi connectivity index (χ0) is 21.5. The van der Waals surface area contributed by atoms with Gasteiger partial charge in [0.05, 0.1) is 12.2 Å². The van der Waals surface area contributed by atoms with Gasteiger partial charge in [0.1, 0.15) is 5.78 Å². The van der Waals surface area contributed by atoms with Gasteiger partial charge >= 0.3 is 5.97 Å². The van der Waals surface area contributed by atoms with E-state index >= 15 is 0 Å². The molecule has 1 fully saturated rings. The van der Waals surface area contributed by atoms with Crippen molar-refractivity contribution < 1.29 is 24.2 Å². The number of Topliss-reactive ketones (excluding diaryl/α,β-unsaturated/α-hetero) is 1. The smallest absolute Gasteiger partial charge is 0.303 e. The molecule has 1 rings (SSSR count). The Balaban J connectivity index is 2.72. The Morgan fingerprint density at radius 3 is 2.62 bits per heavy atom. The Morgan fingerprint density at radius 1 is 1.17 bits per heavy atom. The number of hydrogen-bond acceptors (Lipinski definition) is 4. The van der Waals surface area contributed by atoms with E-state index in [1.165, 1.54) is 12.8 Å². The van der Waals surface area contributed by atoms with Crippen molar-refractivity contribution in [3.05, 3.63) is 24.3 Å². The highest BCUT2D eigenvalue weighted by atomic mass is 16.5. The molecule has 5 nitrogen and oxygen atoms in total. The Labute approximate surface area is 176 Å². The highest BCUT2D eigenvalue weighted by Gasteiger charge is 2.40. The summed E-state index contributed by atoms with van der Waals surface area (Å²) in [4.78, 5) is 23.2. The van der Waals surface area contributed by atoms with Crippen LogP contribution in [-0.4, -0.2) is 42.3 Å². The number of carboxylic acid groups (broad SMARTS) is 1. The average Bonchev–Trinajstić information content (AvgIpc) is 2.97. The van der Waals surface area contributed by atoms with Gasteiger partial charge in [-0.3, -0.25) is 9.59 Å². The van der Waals surface area contributed by atoms with Crippen LogP contribution < -0.4 is 0 Å². The molecule has 0 aromatic heterocycles. The summed E-state index contributed by atoms with van der Waals surface area (Å²) in [6, 6.07) is 0. The molecule has 0 aromatic carbocycles. The lowest BCUT2D eigenvalue weighted by Gasteiger charge is -2.21. The number of ether oxygens (including phenoxy) is 2. The molecule has 0 amide bonds. The van der Waals surface area contributed by atoms with Crippen molar-refractivity contribution in [2.45, 2.75) is 90.8 Å². The van der Waals surface area contributed by atoms with Crippen LogP contribution in [0.3, 0.4) is 0 Å². The molecular formula is C24H40O5. The van der Waals surface area contributed by atoms with E-state index in [1.807, 2.05) is 26.0 Å². The Bertz CT molecular complexity index is 525. The minimum atomic E-state index is -0.767. The van der Waals surface area contributed by atoms with E-state index in [0.29, 0.717) is 32.5 Å². The lowest BCUT2D eigenvalue weighted by Crippen LogP contribution is -2.22. The van der Waals surface area contributed by atoms with Gasteiger partial charge in [-0.15, -0.1) is 0 Å². The van der Waals surface area contributed by atoms with Crippen LogP contribution >= 0.6 is 0 Å². The first-order valence-corrected chi connectivity index (χ1v) is 11.3. The van der Waals surface area contributed by atoms with Gasteiger partial charge in [0.2, 0.25) is 0 Å². The number of carbonyl (C=O) groups excluding carboxylic acids is 1. The van der Waals surface area contributed by atoms with Gasteiger partial charge in [-0.05, 0) is 39.5 Å². The molecule has 29 heavy (non-hydrogen) atoms. The van der Waals surface area contributed by atoms with E-state index in [1.54, 1.807) is 0 Å². The minimum Gasteiger partial charge on any atom is -0.481 e. The predicted molar refractivity (Wildman–Crippen MR) is 116 cm³/mol. The number of aliphatic carboxylic acids is 1. The van der Waals surface area contributed by atoms with Gasteiger partial charge in [0, 0.05) is 37.9 Å². The first-order valence-electron chi connectivity index (χ1n) is 11.3. The van der Waals surface area contributed by atoms with Gasteiger partial charge < -0.3 is 14.6 Å². The van der Waals surface area contributed by atoms with E-state index in [2.05, 4.69) is 19.1 Å². The van der Waals surface area contributed by atoms with Crippen molar-refractivity contribution >= 4 is 11.8 Å². The monoisotopic (exact) mass is 408 g/mol. The standard InChI is InChI=1S/C24H40O5/c1-4-7-10-13-19(28-5-2)16-17-21-20(22(25)18-23(21)29-6-3)14-11-8-9-12-15-24(26)27/h8,11,16-17,19-21,23H,4-7,9-10,12-15,18H2,1-3H3,(H,26,27)/b11-8-,17-16+/t19?,20-,21-,23?/m1/s1. The number of hydrogen-bond donors (Lipinski definition) is 1. The van der Waals surface area contributed by atoms with Crippen molar-refractivity contribution in [1.29, 1.82) is 0 Å². The number of allylic oxidation sites excluding steroid dienone is 2. The van der Waals surface area contributed by atoms with Crippen molar-refractivity contribution in [2.24, 2.45) is 11.8 Å². The first kappa shape index (κ1) is 25.6. The van der Waals surface area contributed by atoms with E-state index < -0.39 is 5.97 Å². The van der Waals surface area contributed by atoms with Crippen LogP contribution in [0, 0.1) is 11.8 Å². The van der Waals surface area contributed by atoms with Crippen molar-refractivity contribution in [3.63, 3.8) is 0 Å². The second kappa shape index (κ2) is 15.4. The molecule has 0 aromatic rings. The molecule has 2 unspecified atom stereocenters. The van der Waals surface area contributed by atoms with Gasteiger partial charge in [-0.2, -0.15) is 0 Å². The molecular weight excluding hydrogens is 368 g/mol. The quantitative estimate of drug-likeness (QED) is 0.276. The van der Waals surface area contributed by atoms with Crippen molar-refractivity contribution in [3.8, 4) is 0 Å². The summed E-state index contributed by atoms with van der Waals surface area (Å²) in [5, 5.41) is 8.70. The van der Waals surface area contributed by atoms with Crippen molar-refractivity contribution in [1.82, 2.24) is 0 Å². The zero-order valence-electron chi connectivity index (χ0n) is 18.5. The molecule has 0 aliphatic heterocycles. The van der Waals surface area contributed by atoms with E-state index in [0.717, 1.165) is 19.3 Å². The molecule has 4 atom stereocenters. The maximum atomic E-state index is 12.6. The fourth-order valence-corrected chi connectivity index (χ4v) is 3.92. The number of unbranched alkanes of at least 4 members (excludes halogenated alkanes) is 3. The fraction of sp³-hybridized carbons (Fsp3) is 0.750. The summed E-state index contributed by atoms with van der Waals surface area (Å²) < 4.78 is 11.8. The maximum Gasteiger partial charge on any atom is 0.303 e. The number of rotatable bonds is 16. The second-order valence-corrected chi connectivity index (χ2v) is 7.72. The first-order chi connectivity index (χ1) is 14.0. The SMILES string of the molecule is CCCCCC(/C=C/[C@H]1C(OCC)CC(=O)[C@@H]1C/C=C\CCCC(=O)O)OCC. The predicted octanol–water partition coefficient (Wildman–Crippen LogP) is 5.34. The Hall–Kier alpha value is -1.46. The minimum absolute atomic E-state index is 0.0629. The van der Waals surface area contributed by atoms with E-state index in [-0.39, 0.29) is 36.2 Å². The van der Waals surface area contributed by atoms with Crippen LogP contribution in [-0.2, 0) is 19.1 Å². The molecule has 0 radical (unpaired) electrons. The summed E-state index contributed by atoms with van der Waals surface area (Å²) in [5.41, 5.74) is 0. The van der Waals surface area contributed by atoms with Crippen LogP contribution in [0.15, 0.2) is 24.3 Å². The van der Waals surface area contributed by atoms with E-state index in [9.17, 15) is 9.59 Å². The molecule has 0 heterocycles. The highest BCUT2D eigenvalue weighted by Crippen LogP contribution is 2.35. The summed E-state index contributed by atoms with van der Waals surface area (Å²) in [6.45, 7) is 7.46. The van der Waals surface area contributed by atoms with Crippen LogP contribution in [0.2, 0.25) is 0 Å². The van der Waals surface area contributed by atoms with Crippen LogP contribution in [0.1, 0.15) is 78.6 Å². The fourth-order valence-electron chi connectivity index (χ4n) is 3.92. The lowest BCUT2D eigenvalue weighted by atomic mass is 9.90. The number of ketones is 1. The molecule has 166 valence electrons. The van der Waals surface area contributed by atoms with Crippen LogP contribution in [0.5, 0.6) is 0 Å². The molecule has 0 saturated heterocycles. The van der Waals surface area contributed by atoms with Gasteiger partial charge in [-0.25, -0.2) is 0 Å². The highest BCUT2D eigenvalue weighted by molar-refractivity contribution is 5.85. The van der Waals surface area contributed by atoms with Crippen molar-refractivity contribution in [2.75, 3.05) is 13.2 Å². The zero-order valence-corrected chi connectivity index (χ0v) is 18.5. The van der Waals surface area contributed by atoms with Crippen LogP contribution in [0.25, 0.3) is 0 Å². The molecule has 0 bridgehead atoms. The maximum absolute atomic E-state index is 12.6.